The molecule has 0 aliphatic carbocycles. The van der Waals surface area contributed by atoms with Gasteiger partial charge in [0, 0.05) is 5.75 Å². The Hall–Kier alpha value is -1.94. The summed E-state index contributed by atoms with van der Waals surface area (Å²) in [6, 6.07) is 18.3. The fraction of sp³-hybridized carbons (Fsp3) is 0.381. The van der Waals surface area contributed by atoms with Crippen molar-refractivity contribution in [2.24, 2.45) is 0 Å². The second kappa shape index (κ2) is 9.52. The Morgan fingerprint density at radius 3 is 2.36 bits per heavy atom. The largest absolute Gasteiger partial charge is 0.492 e. The van der Waals surface area contributed by atoms with Crippen molar-refractivity contribution in [3.8, 4) is 5.75 Å². The molecule has 0 unspecified atom stereocenters. The van der Waals surface area contributed by atoms with Gasteiger partial charge in [0.1, 0.15) is 12.4 Å². The summed E-state index contributed by atoms with van der Waals surface area (Å²) in [5.41, 5.74) is 2.66. The van der Waals surface area contributed by atoms with Crippen LogP contribution in [0.25, 0.3) is 0 Å². The van der Waals surface area contributed by atoms with Crippen LogP contribution in [-0.2, 0) is 16.0 Å². The van der Waals surface area contributed by atoms with Gasteiger partial charge >= 0.3 is 0 Å². The second-order valence-electron chi connectivity index (χ2n) is 6.95. The first-order valence-corrected chi connectivity index (χ1v) is 9.72. The normalized spacial score (nSPS) is 11.2. The lowest BCUT2D eigenvalue weighted by Gasteiger charge is -2.19. The molecule has 2 aromatic carbocycles. The van der Waals surface area contributed by atoms with E-state index in [4.69, 9.17) is 4.74 Å². The highest BCUT2D eigenvalue weighted by Gasteiger charge is 2.12. The summed E-state index contributed by atoms with van der Waals surface area (Å²) in [6.45, 7) is 7.56. The van der Waals surface area contributed by atoms with Crippen molar-refractivity contribution < 1.29 is 9.53 Å². The maximum absolute atomic E-state index is 11.8. The Balaban J connectivity index is 1.60. The molecule has 0 saturated heterocycles. The molecular formula is C21H27NO2S. The van der Waals surface area contributed by atoms with Gasteiger partial charge in [-0.2, -0.15) is 0 Å². The number of hydrogen-bond acceptors (Lipinski definition) is 3. The zero-order chi connectivity index (χ0) is 18.1. The van der Waals surface area contributed by atoms with Gasteiger partial charge in [0.25, 0.3) is 0 Å². The van der Waals surface area contributed by atoms with Crippen LogP contribution >= 0.6 is 11.8 Å². The van der Waals surface area contributed by atoms with E-state index in [9.17, 15) is 4.79 Å². The summed E-state index contributed by atoms with van der Waals surface area (Å²) in [5, 5.41) is 2.89. The van der Waals surface area contributed by atoms with Crippen molar-refractivity contribution in [3.63, 3.8) is 0 Å². The first kappa shape index (κ1) is 19.4. The van der Waals surface area contributed by atoms with Gasteiger partial charge in [-0.1, -0.05) is 63.2 Å². The van der Waals surface area contributed by atoms with Gasteiger partial charge in [0.15, 0.2) is 0 Å². The molecule has 134 valence electrons. The first-order valence-electron chi connectivity index (χ1n) is 8.57. The Morgan fingerprint density at radius 2 is 1.72 bits per heavy atom. The summed E-state index contributed by atoms with van der Waals surface area (Å²) in [7, 11) is 0. The number of nitrogens with one attached hydrogen (secondary N) is 1. The molecule has 0 aliphatic rings. The molecule has 0 aliphatic heterocycles. The molecule has 0 bridgehead atoms. The molecule has 0 radical (unpaired) electrons. The van der Waals surface area contributed by atoms with Crippen molar-refractivity contribution >= 4 is 17.7 Å². The van der Waals surface area contributed by atoms with Gasteiger partial charge in [-0.05, 0) is 28.7 Å². The van der Waals surface area contributed by atoms with E-state index in [1.54, 1.807) is 11.8 Å². The maximum Gasteiger partial charge on any atom is 0.230 e. The summed E-state index contributed by atoms with van der Waals surface area (Å²) in [6.07, 6.45) is 0. The van der Waals surface area contributed by atoms with E-state index in [-0.39, 0.29) is 11.3 Å². The van der Waals surface area contributed by atoms with Crippen molar-refractivity contribution in [1.29, 1.82) is 0 Å². The third-order valence-electron chi connectivity index (χ3n) is 3.76. The van der Waals surface area contributed by atoms with Gasteiger partial charge < -0.3 is 10.1 Å². The minimum atomic E-state index is 0.0487. The van der Waals surface area contributed by atoms with Crippen LogP contribution in [0.15, 0.2) is 54.6 Å². The van der Waals surface area contributed by atoms with Gasteiger partial charge in [0.2, 0.25) is 5.91 Å². The number of rotatable bonds is 8. The van der Waals surface area contributed by atoms with Crippen LogP contribution < -0.4 is 10.1 Å². The third-order valence-corrected chi connectivity index (χ3v) is 4.76. The Kier molecular flexibility index (Phi) is 7.38. The van der Waals surface area contributed by atoms with Gasteiger partial charge in [-0.15, -0.1) is 11.8 Å². The number of thioether (sulfide) groups is 1. The van der Waals surface area contributed by atoms with Crippen LogP contribution in [0, 0.1) is 0 Å². The lowest BCUT2D eigenvalue weighted by atomic mass is 9.87. The van der Waals surface area contributed by atoms with Gasteiger partial charge in [-0.25, -0.2) is 0 Å². The molecule has 0 heterocycles. The standard InChI is InChI=1S/C21H27NO2S/c1-21(2,3)18-9-11-19(12-10-18)24-14-13-22-20(23)16-25-15-17-7-5-4-6-8-17/h4-12H,13-16H2,1-3H3,(H,22,23). The van der Waals surface area contributed by atoms with Crippen LogP contribution in [0.2, 0.25) is 0 Å². The molecule has 0 fully saturated rings. The highest BCUT2D eigenvalue weighted by Crippen LogP contribution is 2.24. The summed E-state index contributed by atoms with van der Waals surface area (Å²) in [5.74, 6) is 2.20. The number of hydrogen-bond donors (Lipinski definition) is 1. The van der Waals surface area contributed by atoms with E-state index in [2.05, 4.69) is 50.4 Å². The van der Waals surface area contributed by atoms with Crippen LogP contribution in [0.4, 0.5) is 0 Å². The molecule has 0 saturated carbocycles. The molecule has 0 aromatic heterocycles. The predicted molar refractivity (Wildman–Crippen MR) is 106 cm³/mol. The maximum atomic E-state index is 11.8. The van der Waals surface area contributed by atoms with Crippen LogP contribution in [0.5, 0.6) is 5.75 Å². The van der Waals surface area contributed by atoms with E-state index in [0.29, 0.717) is 18.9 Å². The zero-order valence-corrected chi connectivity index (χ0v) is 16.1. The fourth-order valence-corrected chi connectivity index (χ4v) is 3.12. The topological polar surface area (TPSA) is 38.3 Å². The lowest BCUT2D eigenvalue weighted by molar-refractivity contribution is -0.118. The summed E-state index contributed by atoms with van der Waals surface area (Å²) >= 11 is 1.62. The molecule has 3 nitrogen and oxygen atoms in total. The molecule has 0 spiro atoms. The molecular weight excluding hydrogens is 330 g/mol. The van der Waals surface area contributed by atoms with Crippen LogP contribution in [0.3, 0.4) is 0 Å². The van der Waals surface area contributed by atoms with Crippen LogP contribution in [0.1, 0.15) is 31.9 Å². The predicted octanol–water partition coefficient (Wildman–Crippen LogP) is 4.41. The van der Waals surface area contributed by atoms with E-state index in [0.717, 1.165) is 11.5 Å². The number of carbonyl (C=O) groups excluding carboxylic acids is 1. The van der Waals surface area contributed by atoms with E-state index >= 15 is 0 Å². The first-order chi connectivity index (χ1) is 11.9. The average Bonchev–Trinajstić information content (AvgIpc) is 2.59. The molecule has 25 heavy (non-hydrogen) atoms. The number of amides is 1. The molecule has 2 rings (SSSR count). The summed E-state index contributed by atoms with van der Waals surface area (Å²) < 4.78 is 5.68. The number of carbonyl (C=O) groups is 1. The van der Waals surface area contributed by atoms with Crippen molar-refractivity contribution in [2.75, 3.05) is 18.9 Å². The SMILES string of the molecule is CC(C)(C)c1ccc(OCCNC(=O)CSCc2ccccc2)cc1. The Labute approximate surface area is 155 Å². The molecule has 1 amide bonds. The molecule has 0 atom stereocenters. The van der Waals surface area contributed by atoms with E-state index < -0.39 is 0 Å². The quantitative estimate of drug-likeness (QED) is 0.711. The summed E-state index contributed by atoms with van der Waals surface area (Å²) in [4.78, 5) is 11.8. The number of benzene rings is 2. The van der Waals surface area contributed by atoms with Crippen LogP contribution in [-0.4, -0.2) is 24.8 Å². The zero-order valence-electron chi connectivity index (χ0n) is 15.2. The average molecular weight is 358 g/mol. The highest BCUT2D eigenvalue weighted by atomic mass is 32.2. The molecule has 4 heteroatoms. The Bertz CT molecular complexity index is 648. The monoisotopic (exact) mass is 357 g/mol. The number of ether oxygens (including phenoxy) is 1. The lowest BCUT2D eigenvalue weighted by Crippen LogP contribution is -2.29. The van der Waals surface area contributed by atoms with Gasteiger partial charge in [0.05, 0.1) is 12.3 Å². The van der Waals surface area contributed by atoms with Crippen molar-refractivity contribution in [2.45, 2.75) is 31.9 Å². The Morgan fingerprint density at radius 1 is 1.04 bits per heavy atom. The smallest absolute Gasteiger partial charge is 0.230 e. The molecule has 2 aromatic rings. The minimum Gasteiger partial charge on any atom is -0.492 e. The third kappa shape index (κ3) is 7.22. The van der Waals surface area contributed by atoms with E-state index in [1.165, 1.54) is 11.1 Å². The fourth-order valence-electron chi connectivity index (χ4n) is 2.30. The molecule has 1 N–H and O–H groups in total. The second-order valence-corrected chi connectivity index (χ2v) is 7.94. The van der Waals surface area contributed by atoms with E-state index in [1.807, 2.05) is 30.3 Å². The minimum absolute atomic E-state index is 0.0487. The highest BCUT2D eigenvalue weighted by molar-refractivity contribution is 7.99. The van der Waals surface area contributed by atoms with Crippen molar-refractivity contribution in [1.82, 2.24) is 5.32 Å². The van der Waals surface area contributed by atoms with Crippen molar-refractivity contribution in [3.05, 3.63) is 65.7 Å². The van der Waals surface area contributed by atoms with Gasteiger partial charge in [-0.3, -0.25) is 4.79 Å².